The summed E-state index contributed by atoms with van der Waals surface area (Å²) in [7, 11) is 0. The summed E-state index contributed by atoms with van der Waals surface area (Å²) < 4.78 is 4.72. The van der Waals surface area contributed by atoms with Gasteiger partial charge in [-0.15, -0.1) is 0 Å². The van der Waals surface area contributed by atoms with Gasteiger partial charge in [0.15, 0.2) is 0 Å². The van der Waals surface area contributed by atoms with Gasteiger partial charge in [0.1, 0.15) is 13.2 Å². The zero-order valence-electron chi connectivity index (χ0n) is 17.0. The maximum absolute atomic E-state index is 12.0. The van der Waals surface area contributed by atoms with Gasteiger partial charge < -0.3 is 20.1 Å². The molecule has 30 heavy (non-hydrogen) atoms. The molecule has 2 rings (SSSR count). The van der Waals surface area contributed by atoms with Crippen molar-refractivity contribution in [3.8, 4) is 0 Å². The molecule has 0 atom stereocenters. The third-order valence-electron chi connectivity index (χ3n) is 4.66. The minimum absolute atomic E-state index is 0.252. The number of amides is 1. The van der Waals surface area contributed by atoms with Gasteiger partial charge in [-0.05, 0) is 38.0 Å². The smallest absolute Gasteiger partial charge is 0.329 e. The number of aliphatic carboxylic acids is 1. The van der Waals surface area contributed by atoms with Gasteiger partial charge in [-0.3, -0.25) is 24.6 Å². The number of benzene rings is 1. The quantitative estimate of drug-likeness (QED) is 0.351. The van der Waals surface area contributed by atoms with Crippen molar-refractivity contribution >= 4 is 28.3 Å². The number of carboxylic acid groups (broad SMARTS) is 1. The van der Waals surface area contributed by atoms with Crippen molar-refractivity contribution in [3.63, 3.8) is 0 Å². The number of aromatic nitrogens is 2. The Kier molecular flexibility index (Phi) is 9.07. The fourth-order valence-corrected chi connectivity index (χ4v) is 3.12. The summed E-state index contributed by atoms with van der Waals surface area (Å²) >= 11 is 0. The Balaban J connectivity index is 1.71. The largest absolute Gasteiger partial charge is 0.480 e. The van der Waals surface area contributed by atoms with Crippen LogP contribution in [0.1, 0.15) is 32.6 Å². The number of anilines is 1. The van der Waals surface area contributed by atoms with Crippen LogP contribution in [0.5, 0.6) is 0 Å². The summed E-state index contributed by atoms with van der Waals surface area (Å²) in [4.78, 5) is 47.7. The molecule has 1 aromatic heterocycles. The predicted octanol–water partition coefficient (Wildman–Crippen LogP) is 0.821. The van der Waals surface area contributed by atoms with Crippen LogP contribution in [0.25, 0.3) is 10.8 Å². The Bertz CT molecular complexity index is 968. The van der Waals surface area contributed by atoms with Crippen molar-refractivity contribution in [1.29, 1.82) is 0 Å². The summed E-state index contributed by atoms with van der Waals surface area (Å²) in [5.74, 6) is -1.42. The molecule has 4 N–H and O–H groups in total. The number of carboxylic acids is 1. The van der Waals surface area contributed by atoms with Crippen molar-refractivity contribution in [2.75, 3.05) is 37.7 Å². The minimum atomic E-state index is -1.10. The van der Waals surface area contributed by atoms with Gasteiger partial charge in [0.25, 0.3) is 11.1 Å². The normalized spacial score (nSPS) is 10.8. The first-order valence-electron chi connectivity index (χ1n) is 9.98. The molecule has 0 unspecified atom stereocenters. The molecule has 0 aliphatic heterocycles. The van der Waals surface area contributed by atoms with E-state index in [0.29, 0.717) is 17.3 Å². The molecule has 0 spiro atoms. The Morgan fingerprint density at radius 1 is 1.03 bits per heavy atom. The van der Waals surface area contributed by atoms with E-state index in [1.807, 2.05) is 13.0 Å². The monoisotopic (exact) mass is 420 g/mol. The van der Waals surface area contributed by atoms with E-state index < -0.39 is 12.6 Å². The van der Waals surface area contributed by atoms with E-state index in [4.69, 9.17) is 9.84 Å². The van der Waals surface area contributed by atoms with Crippen LogP contribution in [-0.4, -0.2) is 60.0 Å². The van der Waals surface area contributed by atoms with Gasteiger partial charge in [0.05, 0.1) is 10.8 Å². The lowest BCUT2D eigenvalue weighted by Gasteiger charge is -2.23. The van der Waals surface area contributed by atoms with Crippen molar-refractivity contribution in [3.05, 3.63) is 38.9 Å². The molecule has 0 saturated heterocycles. The second-order valence-electron chi connectivity index (χ2n) is 6.87. The number of carbonyl (C=O) groups excluding carboxylic acids is 1. The fraction of sp³-hybridized carbons (Fsp3) is 0.500. The average molecular weight is 420 g/mol. The van der Waals surface area contributed by atoms with Crippen molar-refractivity contribution in [2.24, 2.45) is 0 Å². The van der Waals surface area contributed by atoms with Crippen LogP contribution >= 0.6 is 0 Å². The highest BCUT2D eigenvalue weighted by molar-refractivity contribution is 5.84. The van der Waals surface area contributed by atoms with Crippen LogP contribution in [-0.2, 0) is 14.3 Å². The Hall–Kier alpha value is -3.14. The van der Waals surface area contributed by atoms with E-state index in [-0.39, 0.29) is 23.6 Å². The van der Waals surface area contributed by atoms with E-state index in [9.17, 15) is 19.2 Å². The number of rotatable bonds is 13. The van der Waals surface area contributed by atoms with Crippen LogP contribution in [0.15, 0.2) is 27.8 Å². The molecule has 0 aliphatic carbocycles. The minimum Gasteiger partial charge on any atom is -0.480 e. The fourth-order valence-electron chi connectivity index (χ4n) is 3.12. The van der Waals surface area contributed by atoms with Gasteiger partial charge in [0, 0.05) is 25.3 Å². The molecule has 0 radical (unpaired) electrons. The van der Waals surface area contributed by atoms with Crippen LogP contribution < -0.4 is 21.3 Å². The molecule has 0 saturated carbocycles. The SMILES string of the molecule is CCN(CCCCCCNC(=O)COCC(=O)O)c1ccc2c(=O)[nH][nH]c(=O)c2c1. The standard InChI is InChI=1S/C20H28N4O6/c1-2-24(14-7-8-15-16(11-14)20(29)23-22-19(15)28)10-6-4-3-5-9-21-17(25)12-30-13-18(26)27/h7-8,11H,2-6,9-10,12-13H2,1H3,(H,21,25)(H,22,28)(H,23,29)(H,26,27). The van der Waals surface area contributed by atoms with Gasteiger partial charge in [-0.1, -0.05) is 12.8 Å². The molecular formula is C20H28N4O6. The van der Waals surface area contributed by atoms with Crippen molar-refractivity contribution < 1.29 is 19.4 Å². The van der Waals surface area contributed by atoms with Crippen LogP contribution in [0.3, 0.4) is 0 Å². The molecule has 0 aliphatic rings. The molecule has 1 heterocycles. The zero-order chi connectivity index (χ0) is 21.9. The van der Waals surface area contributed by atoms with Gasteiger partial charge in [0.2, 0.25) is 5.91 Å². The lowest BCUT2D eigenvalue weighted by atomic mass is 10.1. The molecular weight excluding hydrogens is 392 g/mol. The molecule has 164 valence electrons. The summed E-state index contributed by atoms with van der Waals surface area (Å²) in [6.45, 7) is 3.42. The zero-order valence-corrected chi connectivity index (χ0v) is 17.0. The average Bonchev–Trinajstić information content (AvgIpc) is 2.72. The molecule has 1 aromatic carbocycles. The first kappa shape index (κ1) is 23.1. The van der Waals surface area contributed by atoms with Crippen molar-refractivity contribution in [2.45, 2.75) is 32.6 Å². The van der Waals surface area contributed by atoms with E-state index in [1.54, 1.807) is 12.1 Å². The second-order valence-corrected chi connectivity index (χ2v) is 6.87. The second kappa shape index (κ2) is 11.8. The summed E-state index contributed by atoms with van der Waals surface area (Å²) in [5.41, 5.74) is 0.257. The third-order valence-corrected chi connectivity index (χ3v) is 4.66. The number of nitrogens with one attached hydrogen (secondary N) is 3. The van der Waals surface area contributed by atoms with Crippen LogP contribution in [0.2, 0.25) is 0 Å². The highest BCUT2D eigenvalue weighted by Crippen LogP contribution is 2.18. The predicted molar refractivity (Wildman–Crippen MR) is 113 cm³/mol. The summed E-state index contributed by atoms with van der Waals surface area (Å²) in [6, 6.07) is 5.27. The van der Waals surface area contributed by atoms with Crippen molar-refractivity contribution in [1.82, 2.24) is 15.5 Å². The molecule has 2 aromatic rings. The van der Waals surface area contributed by atoms with E-state index >= 15 is 0 Å². The highest BCUT2D eigenvalue weighted by atomic mass is 16.5. The number of unbranched alkanes of at least 4 members (excludes halogenated alkanes) is 3. The molecule has 0 bridgehead atoms. The van der Waals surface area contributed by atoms with Gasteiger partial charge >= 0.3 is 5.97 Å². The van der Waals surface area contributed by atoms with E-state index in [1.165, 1.54) is 0 Å². The lowest BCUT2D eigenvalue weighted by Crippen LogP contribution is -2.29. The number of nitrogens with zero attached hydrogens (tertiary/aromatic N) is 1. The van der Waals surface area contributed by atoms with E-state index in [0.717, 1.165) is 44.5 Å². The van der Waals surface area contributed by atoms with Crippen LogP contribution in [0, 0.1) is 0 Å². The Labute approximate surface area is 173 Å². The van der Waals surface area contributed by atoms with Crippen LogP contribution in [0.4, 0.5) is 5.69 Å². The number of ether oxygens (including phenoxy) is 1. The Morgan fingerprint density at radius 3 is 2.43 bits per heavy atom. The molecule has 10 heteroatoms. The van der Waals surface area contributed by atoms with Gasteiger partial charge in [-0.2, -0.15) is 0 Å². The number of hydrogen-bond acceptors (Lipinski definition) is 6. The number of hydrogen-bond donors (Lipinski definition) is 4. The number of fused-ring (bicyclic) bond motifs is 1. The maximum atomic E-state index is 12.0. The van der Waals surface area contributed by atoms with Gasteiger partial charge in [-0.25, -0.2) is 4.79 Å². The van der Waals surface area contributed by atoms with E-state index in [2.05, 4.69) is 20.4 Å². The number of aromatic amines is 2. The summed E-state index contributed by atoms with van der Waals surface area (Å²) in [6.07, 6.45) is 3.70. The molecule has 10 nitrogen and oxygen atoms in total. The third kappa shape index (κ3) is 7.03. The topological polar surface area (TPSA) is 145 Å². The molecule has 0 fully saturated rings. The number of carbonyl (C=O) groups is 2. The Morgan fingerprint density at radius 2 is 1.73 bits per heavy atom. The summed E-state index contributed by atoms with van der Waals surface area (Å²) in [5, 5.41) is 16.5. The lowest BCUT2D eigenvalue weighted by molar-refractivity contribution is -0.143. The molecule has 1 amide bonds. The first-order valence-corrected chi connectivity index (χ1v) is 9.98. The highest BCUT2D eigenvalue weighted by Gasteiger charge is 2.09. The maximum Gasteiger partial charge on any atom is 0.329 e. The number of H-pyrrole nitrogens is 2. The first-order chi connectivity index (χ1) is 14.4.